The van der Waals surface area contributed by atoms with Crippen LogP contribution in [-0.2, 0) is 13.9 Å². The van der Waals surface area contributed by atoms with E-state index in [2.05, 4.69) is 10.7 Å². The summed E-state index contributed by atoms with van der Waals surface area (Å²) in [6.45, 7) is 0. The van der Waals surface area contributed by atoms with Crippen LogP contribution < -0.4 is 0 Å². The summed E-state index contributed by atoms with van der Waals surface area (Å²) in [6.07, 6.45) is 0. The number of hydrogen-bond donors (Lipinski definition) is 0. The van der Waals surface area contributed by atoms with Gasteiger partial charge in [-0.05, 0) is 0 Å². The molecular weight excluding hydrogens is 116 g/mol. The van der Waals surface area contributed by atoms with Crippen molar-refractivity contribution < 1.29 is 13.0 Å². The summed E-state index contributed by atoms with van der Waals surface area (Å²) in [5.74, 6) is 0. The van der Waals surface area contributed by atoms with Crippen LogP contribution in [0.25, 0.3) is 0 Å². The zero-order valence-electron chi connectivity index (χ0n) is 2.01. The SMILES string of the molecule is [O]S(=O)(=O)Cl. The molecule has 5 heteroatoms. The van der Waals surface area contributed by atoms with Gasteiger partial charge in [0.25, 0.3) is 0 Å². The van der Waals surface area contributed by atoms with Crippen molar-refractivity contribution in [3.05, 3.63) is 0 Å². The molecule has 0 spiro atoms. The van der Waals surface area contributed by atoms with Crippen molar-refractivity contribution in [1.82, 2.24) is 0 Å². The fourth-order valence-electron chi connectivity index (χ4n) is 0. The van der Waals surface area contributed by atoms with Crippen molar-refractivity contribution in [2.75, 3.05) is 0 Å². The molecule has 0 aromatic heterocycles. The van der Waals surface area contributed by atoms with E-state index in [9.17, 15) is 0 Å². The minimum atomic E-state index is -4.44. The van der Waals surface area contributed by atoms with Crippen LogP contribution in [0.15, 0.2) is 0 Å². The molecule has 0 unspecified atom stereocenters. The highest BCUT2D eigenvalue weighted by Crippen LogP contribution is 1.84. The molecule has 0 heterocycles. The van der Waals surface area contributed by atoms with Crippen molar-refractivity contribution in [2.45, 2.75) is 0 Å². The van der Waals surface area contributed by atoms with E-state index in [0.29, 0.717) is 0 Å². The van der Waals surface area contributed by atoms with Gasteiger partial charge in [0.15, 0.2) is 0 Å². The summed E-state index contributed by atoms with van der Waals surface area (Å²) < 4.78 is 26.5. The summed E-state index contributed by atoms with van der Waals surface area (Å²) in [4.78, 5) is 0. The topological polar surface area (TPSA) is 54.0 Å². The molecule has 1 radical (unpaired) electrons. The lowest BCUT2D eigenvalue weighted by Gasteiger charge is -1.59. The lowest BCUT2D eigenvalue weighted by atomic mass is 15.9. The lowest BCUT2D eigenvalue weighted by molar-refractivity contribution is 0.431. The molecule has 0 N–H and O–H groups in total. The second kappa shape index (κ2) is 1.12. The maximum Gasteiger partial charge on any atom is 0.383 e. The number of rotatable bonds is 0. The molecule has 0 bridgehead atoms. The largest absolute Gasteiger partial charge is 0.383 e. The molecule has 0 aliphatic carbocycles. The third-order valence-electron chi connectivity index (χ3n) is 0. The molecule has 0 atom stereocenters. The van der Waals surface area contributed by atoms with Crippen molar-refractivity contribution >= 4 is 20.0 Å². The van der Waals surface area contributed by atoms with E-state index in [1.165, 1.54) is 0 Å². The molecule has 0 saturated heterocycles. The Labute approximate surface area is 33.8 Å². The van der Waals surface area contributed by atoms with Gasteiger partial charge < -0.3 is 0 Å². The standard InChI is InChI=1S/ClO3S/c1-5(2,3)4. The Morgan fingerprint density at radius 2 is 1.40 bits per heavy atom. The van der Waals surface area contributed by atoms with Gasteiger partial charge in [0.1, 0.15) is 0 Å². The van der Waals surface area contributed by atoms with Gasteiger partial charge in [-0.25, -0.2) is 0 Å². The molecule has 5 heavy (non-hydrogen) atoms. The molecular formula is ClO3S. The highest BCUT2D eigenvalue weighted by molar-refractivity contribution is 8.09. The second-order valence-corrected chi connectivity index (χ2v) is 2.31. The summed E-state index contributed by atoms with van der Waals surface area (Å²) in [6, 6.07) is 0. The van der Waals surface area contributed by atoms with Crippen molar-refractivity contribution in [3.8, 4) is 0 Å². The van der Waals surface area contributed by atoms with E-state index >= 15 is 0 Å². The summed E-state index contributed by atoms with van der Waals surface area (Å²) in [5.41, 5.74) is 0. The fraction of sp³-hybridized carbons (Fsp3) is 0. The number of hydrogen-bond acceptors (Lipinski definition) is 2. The third-order valence-corrected chi connectivity index (χ3v) is 0. The van der Waals surface area contributed by atoms with Gasteiger partial charge in [-0.2, -0.15) is 8.42 Å². The zero-order valence-corrected chi connectivity index (χ0v) is 3.58. The molecule has 0 aliphatic heterocycles. The van der Waals surface area contributed by atoms with Crippen LogP contribution in [0.3, 0.4) is 0 Å². The van der Waals surface area contributed by atoms with Crippen LogP contribution in [0.1, 0.15) is 0 Å². The summed E-state index contributed by atoms with van der Waals surface area (Å²) in [7, 11) is -0.498. The average Bonchev–Trinajstić information content (AvgIpc) is 0.722. The average molecular weight is 116 g/mol. The minimum Gasteiger partial charge on any atom is -0.179 e. The predicted molar refractivity (Wildman–Crippen MR) is 15.5 cm³/mol. The second-order valence-electron chi connectivity index (χ2n) is 0.393. The fourth-order valence-corrected chi connectivity index (χ4v) is 0. The van der Waals surface area contributed by atoms with Gasteiger partial charge in [-0.3, -0.25) is 0 Å². The van der Waals surface area contributed by atoms with Crippen molar-refractivity contribution in [1.29, 1.82) is 0 Å². The van der Waals surface area contributed by atoms with E-state index in [1.54, 1.807) is 0 Å². The Balaban J connectivity index is 4.06. The molecule has 31 valence electrons. The van der Waals surface area contributed by atoms with Crippen molar-refractivity contribution in [2.24, 2.45) is 0 Å². The normalized spacial score (nSPS) is 11.6. The molecule has 0 aliphatic rings. The Morgan fingerprint density at radius 1 is 1.40 bits per heavy atom. The Hall–Kier alpha value is 0.200. The molecule has 0 saturated carbocycles. The number of halogens is 1. The first-order chi connectivity index (χ1) is 2.00. The van der Waals surface area contributed by atoms with E-state index in [-0.39, 0.29) is 0 Å². The van der Waals surface area contributed by atoms with E-state index in [0.717, 1.165) is 0 Å². The van der Waals surface area contributed by atoms with Gasteiger partial charge in [0.05, 0.1) is 10.7 Å². The van der Waals surface area contributed by atoms with Crippen molar-refractivity contribution in [3.63, 3.8) is 0 Å². The van der Waals surface area contributed by atoms with Gasteiger partial charge in [0.2, 0.25) is 0 Å². The van der Waals surface area contributed by atoms with Crippen LogP contribution in [0.4, 0.5) is 0 Å². The monoisotopic (exact) mass is 115 g/mol. The Kier molecular flexibility index (Phi) is 1.16. The van der Waals surface area contributed by atoms with Gasteiger partial charge >= 0.3 is 9.33 Å². The molecule has 0 amide bonds. The lowest BCUT2D eigenvalue weighted by Crippen LogP contribution is -1.74. The van der Waals surface area contributed by atoms with Gasteiger partial charge in [-0.15, -0.1) is 0 Å². The summed E-state index contributed by atoms with van der Waals surface area (Å²) >= 11 is 0. The first-order valence-corrected chi connectivity index (χ1v) is 2.89. The van der Waals surface area contributed by atoms with Crippen LogP contribution in [0.5, 0.6) is 0 Å². The molecule has 0 rings (SSSR count). The molecule has 0 fully saturated rings. The Bertz CT molecular complexity index is 90.1. The molecule has 0 aromatic carbocycles. The summed E-state index contributed by atoms with van der Waals surface area (Å²) in [5, 5.41) is 0. The predicted octanol–water partition coefficient (Wildman–Crippen LogP) is -0.0995. The first kappa shape index (κ1) is 5.20. The van der Waals surface area contributed by atoms with Gasteiger partial charge in [0, 0.05) is 0 Å². The third kappa shape index (κ3) is 508. The highest BCUT2D eigenvalue weighted by Gasteiger charge is 1.91. The van der Waals surface area contributed by atoms with E-state index in [1.807, 2.05) is 0 Å². The molecule has 0 aromatic rings. The van der Waals surface area contributed by atoms with Gasteiger partial charge in [-0.1, -0.05) is 4.55 Å². The zero-order chi connectivity index (χ0) is 4.50. The first-order valence-electron chi connectivity index (χ1n) is 0.654. The molecule has 3 nitrogen and oxygen atoms in total. The smallest absolute Gasteiger partial charge is 0.179 e. The van der Waals surface area contributed by atoms with E-state index < -0.39 is 9.33 Å². The maximum atomic E-state index is 8.84. The highest BCUT2D eigenvalue weighted by atomic mass is 35.7. The van der Waals surface area contributed by atoms with Crippen LogP contribution in [0, 0.1) is 0 Å². The van der Waals surface area contributed by atoms with Crippen LogP contribution >= 0.6 is 10.7 Å². The van der Waals surface area contributed by atoms with E-state index in [4.69, 9.17) is 13.0 Å². The van der Waals surface area contributed by atoms with Crippen LogP contribution in [-0.4, -0.2) is 8.42 Å². The van der Waals surface area contributed by atoms with Crippen LogP contribution in [0.2, 0.25) is 0 Å². The quantitative estimate of drug-likeness (QED) is 0.414. The Morgan fingerprint density at radius 3 is 1.40 bits per heavy atom. The maximum absolute atomic E-state index is 8.84. The minimum absolute atomic E-state index is 3.95.